The average Bonchev–Trinajstić information content (AvgIpc) is 2.85. The van der Waals surface area contributed by atoms with Crippen molar-refractivity contribution in [2.75, 3.05) is 0 Å². The predicted octanol–water partition coefficient (Wildman–Crippen LogP) is 5.57. The van der Waals surface area contributed by atoms with Gasteiger partial charge in [-0.1, -0.05) is 109 Å². The van der Waals surface area contributed by atoms with Gasteiger partial charge < -0.3 is 0 Å². The van der Waals surface area contributed by atoms with Crippen LogP contribution in [-0.4, -0.2) is 17.3 Å². The molecule has 0 heterocycles. The van der Waals surface area contributed by atoms with E-state index in [2.05, 4.69) is 0 Å². The highest BCUT2D eigenvalue weighted by Gasteiger charge is 2.12. The molecule has 0 aliphatic rings. The molecule has 0 aliphatic heterocycles. The third-order valence-electron chi connectivity index (χ3n) is 5.12. The molecule has 0 aromatic heterocycles. The lowest BCUT2D eigenvalue weighted by molar-refractivity contribution is 0.0989. The second-order valence-electron chi connectivity index (χ2n) is 7.26. The first-order chi connectivity index (χ1) is 15.1. The van der Waals surface area contributed by atoms with Crippen LogP contribution in [0.5, 0.6) is 0 Å². The van der Waals surface area contributed by atoms with Crippen LogP contribution in [0.4, 0.5) is 0 Å². The summed E-state index contributed by atoms with van der Waals surface area (Å²) in [6, 6.07) is 32.0. The lowest BCUT2D eigenvalue weighted by Crippen LogP contribution is -2.06. The van der Waals surface area contributed by atoms with Crippen LogP contribution in [0.25, 0.3) is 0 Å². The number of ketones is 3. The lowest BCUT2D eigenvalue weighted by Gasteiger charge is -2.06. The number of carbonyl (C=O) groups is 3. The summed E-state index contributed by atoms with van der Waals surface area (Å²) in [5, 5.41) is 0. The highest BCUT2D eigenvalue weighted by molar-refractivity contribution is 6.10. The molecule has 0 saturated heterocycles. The molecule has 4 aromatic carbocycles. The minimum Gasteiger partial charge on any atom is -0.294 e. The van der Waals surface area contributed by atoms with Crippen LogP contribution in [0.3, 0.4) is 0 Å². The molecule has 0 amide bonds. The van der Waals surface area contributed by atoms with E-state index in [9.17, 15) is 14.4 Å². The third-order valence-corrected chi connectivity index (χ3v) is 5.12. The SMILES string of the molecule is O=C(Cc1ccc(C(=O)c2ccccc2)cc1)c1ccc(C(=O)c2ccccc2)cc1. The first kappa shape index (κ1) is 20.2. The average molecular weight is 404 g/mol. The number of hydrogen-bond acceptors (Lipinski definition) is 3. The zero-order valence-electron chi connectivity index (χ0n) is 16.8. The zero-order chi connectivity index (χ0) is 21.6. The molecule has 0 bridgehead atoms. The number of benzene rings is 4. The highest BCUT2D eigenvalue weighted by atomic mass is 16.1. The van der Waals surface area contributed by atoms with Crippen LogP contribution in [0, 0.1) is 0 Å². The fourth-order valence-electron chi connectivity index (χ4n) is 3.38. The Morgan fingerprint density at radius 2 is 0.774 bits per heavy atom. The Morgan fingerprint density at radius 1 is 0.419 bits per heavy atom. The normalized spacial score (nSPS) is 10.5. The summed E-state index contributed by atoms with van der Waals surface area (Å²) < 4.78 is 0. The van der Waals surface area contributed by atoms with E-state index in [1.165, 1.54) is 0 Å². The van der Waals surface area contributed by atoms with Crippen LogP contribution < -0.4 is 0 Å². The van der Waals surface area contributed by atoms with Crippen molar-refractivity contribution in [2.24, 2.45) is 0 Å². The molecule has 0 unspecified atom stereocenters. The molecule has 0 saturated carbocycles. The van der Waals surface area contributed by atoms with E-state index in [-0.39, 0.29) is 23.8 Å². The third kappa shape index (κ3) is 4.73. The Morgan fingerprint density at radius 3 is 1.23 bits per heavy atom. The number of carbonyl (C=O) groups excluding carboxylic acids is 3. The molecule has 3 heteroatoms. The molecule has 0 aliphatic carbocycles. The molecule has 0 spiro atoms. The van der Waals surface area contributed by atoms with Gasteiger partial charge in [-0.15, -0.1) is 0 Å². The first-order valence-corrected chi connectivity index (χ1v) is 10.0. The second-order valence-corrected chi connectivity index (χ2v) is 7.26. The molecular formula is C28H20O3. The Labute approximate surface area is 181 Å². The predicted molar refractivity (Wildman–Crippen MR) is 121 cm³/mol. The van der Waals surface area contributed by atoms with E-state index >= 15 is 0 Å². The molecule has 0 fully saturated rings. The smallest absolute Gasteiger partial charge is 0.193 e. The van der Waals surface area contributed by atoms with Gasteiger partial charge in [0.15, 0.2) is 17.3 Å². The molecule has 4 aromatic rings. The maximum Gasteiger partial charge on any atom is 0.193 e. The molecule has 0 N–H and O–H groups in total. The quantitative estimate of drug-likeness (QED) is 0.378. The van der Waals surface area contributed by atoms with Gasteiger partial charge >= 0.3 is 0 Å². The number of hydrogen-bond donors (Lipinski definition) is 0. The second kappa shape index (κ2) is 9.14. The largest absolute Gasteiger partial charge is 0.294 e. The van der Waals surface area contributed by atoms with E-state index in [0.717, 1.165) is 5.56 Å². The van der Waals surface area contributed by atoms with Gasteiger partial charge in [0.2, 0.25) is 0 Å². The fraction of sp³-hybridized carbons (Fsp3) is 0.0357. The van der Waals surface area contributed by atoms with Crippen LogP contribution in [0.1, 0.15) is 47.8 Å². The Hall–Kier alpha value is -4.11. The van der Waals surface area contributed by atoms with Gasteiger partial charge in [0.05, 0.1) is 0 Å². The van der Waals surface area contributed by atoms with Gasteiger partial charge in [-0.25, -0.2) is 0 Å². The standard InChI is InChI=1S/C28H20O3/c29-26(21-15-17-25(18-16-21)28(31)23-9-5-2-6-10-23)19-20-11-13-24(14-12-20)27(30)22-7-3-1-4-8-22/h1-18H,19H2. The summed E-state index contributed by atoms with van der Waals surface area (Å²) in [5.74, 6) is -0.156. The van der Waals surface area contributed by atoms with E-state index in [4.69, 9.17) is 0 Å². The van der Waals surface area contributed by atoms with Crippen LogP contribution in [-0.2, 0) is 6.42 Å². The summed E-state index contributed by atoms with van der Waals surface area (Å²) in [6.07, 6.45) is 0.228. The lowest BCUT2D eigenvalue weighted by atomic mass is 9.97. The minimum absolute atomic E-state index is 0.0409. The topological polar surface area (TPSA) is 51.2 Å². The zero-order valence-corrected chi connectivity index (χ0v) is 16.8. The van der Waals surface area contributed by atoms with Crippen molar-refractivity contribution >= 4 is 17.3 Å². The summed E-state index contributed by atoms with van der Waals surface area (Å²) in [7, 11) is 0. The van der Waals surface area contributed by atoms with Gasteiger partial charge in [-0.05, 0) is 5.56 Å². The van der Waals surface area contributed by atoms with Crippen LogP contribution in [0.2, 0.25) is 0 Å². The Balaban J connectivity index is 1.42. The van der Waals surface area contributed by atoms with Gasteiger partial charge in [-0.3, -0.25) is 14.4 Å². The minimum atomic E-state index is -0.0710. The Bertz CT molecular complexity index is 1210. The van der Waals surface area contributed by atoms with Gasteiger partial charge in [0.25, 0.3) is 0 Å². The Kier molecular flexibility index (Phi) is 5.95. The van der Waals surface area contributed by atoms with E-state index in [1.807, 2.05) is 36.4 Å². The van der Waals surface area contributed by atoms with E-state index in [0.29, 0.717) is 27.8 Å². The van der Waals surface area contributed by atoms with Crippen LogP contribution in [0.15, 0.2) is 109 Å². The van der Waals surface area contributed by atoms with E-state index < -0.39 is 0 Å². The van der Waals surface area contributed by atoms with Gasteiger partial charge in [-0.2, -0.15) is 0 Å². The maximum absolute atomic E-state index is 12.7. The molecule has 3 nitrogen and oxygen atoms in total. The molecule has 150 valence electrons. The summed E-state index contributed by atoms with van der Waals surface area (Å²) >= 11 is 0. The van der Waals surface area contributed by atoms with Gasteiger partial charge in [0.1, 0.15) is 0 Å². The molecule has 0 atom stereocenters. The monoisotopic (exact) mass is 404 g/mol. The number of Topliss-reactive ketones (excluding diaryl/α,β-unsaturated/α-hetero) is 1. The van der Waals surface area contributed by atoms with E-state index in [1.54, 1.807) is 72.8 Å². The van der Waals surface area contributed by atoms with Crippen molar-refractivity contribution in [3.8, 4) is 0 Å². The molecule has 0 radical (unpaired) electrons. The van der Waals surface area contributed by atoms with Crippen LogP contribution >= 0.6 is 0 Å². The molecule has 31 heavy (non-hydrogen) atoms. The summed E-state index contributed by atoms with van der Waals surface area (Å²) in [4.78, 5) is 37.6. The maximum atomic E-state index is 12.7. The summed E-state index contributed by atoms with van der Waals surface area (Å²) in [6.45, 7) is 0. The molecular weight excluding hydrogens is 384 g/mol. The highest BCUT2D eigenvalue weighted by Crippen LogP contribution is 2.15. The van der Waals surface area contributed by atoms with Crippen molar-refractivity contribution in [3.05, 3.63) is 143 Å². The van der Waals surface area contributed by atoms with Crippen molar-refractivity contribution in [1.29, 1.82) is 0 Å². The van der Waals surface area contributed by atoms with Crippen molar-refractivity contribution in [2.45, 2.75) is 6.42 Å². The van der Waals surface area contributed by atoms with Crippen molar-refractivity contribution in [3.63, 3.8) is 0 Å². The van der Waals surface area contributed by atoms with Gasteiger partial charge in [0, 0.05) is 34.2 Å². The van der Waals surface area contributed by atoms with Crippen molar-refractivity contribution in [1.82, 2.24) is 0 Å². The van der Waals surface area contributed by atoms with Crippen molar-refractivity contribution < 1.29 is 14.4 Å². The number of rotatable bonds is 7. The summed E-state index contributed by atoms with van der Waals surface area (Å²) in [5.41, 5.74) is 3.77. The molecule has 4 rings (SSSR count). The first-order valence-electron chi connectivity index (χ1n) is 10.0. The fourth-order valence-corrected chi connectivity index (χ4v) is 3.38.